The van der Waals surface area contributed by atoms with E-state index >= 15 is 0 Å². The van der Waals surface area contributed by atoms with Crippen molar-refractivity contribution in [3.05, 3.63) is 34.9 Å². The number of Topliss-reactive ketones (excluding diaryl/α,β-unsaturated/α-hetero) is 1. The van der Waals surface area contributed by atoms with E-state index in [4.69, 9.17) is 0 Å². The van der Waals surface area contributed by atoms with Crippen LogP contribution in [0.3, 0.4) is 0 Å². The first kappa shape index (κ1) is 11.8. The van der Waals surface area contributed by atoms with E-state index in [0.717, 1.165) is 16.7 Å². The van der Waals surface area contributed by atoms with Crippen LogP contribution in [0.25, 0.3) is 0 Å². The van der Waals surface area contributed by atoms with Gasteiger partial charge in [-0.15, -0.1) is 0 Å². The topological polar surface area (TPSA) is 37.4 Å². The summed E-state index contributed by atoms with van der Waals surface area (Å²) in [6.45, 7) is 5.09. The van der Waals surface area contributed by atoms with Crippen LogP contribution < -0.4 is 0 Å². The molecule has 1 aliphatic rings. The minimum Gasteiger partial charge on any atom is -0.338 e. The Morgan fingerprint density at radius 1 is 1.18 bits per heavy atom. The number of carbonyl (C=O) groups excluding carboxylic acids is 2. The first-order valence-electron chi connectivity index (χ1n) is 5.96. The lowest BCUT2D eigenvalue weighted by atomic mass is 10.0. The van der Waals surface area contributed by atoms with E-state index in [9.17, 15) is 9.59 Å². The van der Waals surface area contributed by atoms with Crippen molar-refractivity contribution in [3.63, 3.8) is 0 Å². The summed E-state index contributed by atoms with van der Waals surface area (Å²) in [5, 5.41) is 0. The van der Waals surface area contributed by atoms with Gasteiger partial charge in [-0.3, -0.25) is 9.59 Å². The van der Waals surface area contributed by atoms with Crippen LogP contribution in [0, 0.1) is 13.8 Å². The van der Waals surface area contributed by atoms with Crippen molar-refractivity contribution in [1.29, 1.82) is 0 Å². The fourth-order valence-corrected chi connectivity index (χ4v) is 2.18. The fourth-order valence-electron chi connectivity index (χ4n) is 2.18. The highest BCUT2D eigenvalue weighted by Crippen LogP contribution is 2.15. The molecule has 0 N–H and O–H groups in total. The zero-order chi connectivity index (χ0) is 12.4. The van der Waals surface area contributed by atoms with Gasteiger partial charge in [0.25, 0.3) is 5.91 Å². The molecule has 1 amide bonds. The summed E-state index contributed by atoms with van der Waals surface area (Å²) in [4.78, 5) is 25.2. The van der Waals surface area contributed by atoms with E-state index < -0.39 is 0 Å². The van der Waals surface area contributed by atoms with Crippen molar-refractivity contribution in [3.8, 4) is 0 Å². The Kier molecular flexibility index (Phi) is 3.27. The molecule has 1 aromatic carbocycles. The fraction of sp³-hybridized carbons (Fsp3) is 0.429. The van der Waals surface area contributed by atoms with Gasteiger partial charge in [0.15, 0.2) is 0 Å². The largest absolute Gasteiger partial charge is 0.338 e. The number of aryl methyl sites for hydroxylation is 2. The van der Waals surface area contributed by atoms with Gasteiger partial charge in [-0.1, -0.05) is 17.7 Å². The normalized spacial score (nSPS) is 16.1. The lowest BCUT2D eigenvalue weighted by Crippen LogP contribution is -2.38. The molecule has 0 bridgehead atoms. The van der Waals surface area contributed by atoms with Crippen LogP contribution in [0.4, 0.5) is 0 Å². The van der Waals surface area contributed by atoms with Crippen LogP contribution in [0.5, 0.6) is 0 Å². The van der Waals surface area contributed by atoms with Crippen LogP contribution in [0.1, 0.15) is 34.3 Å². The number of hydrogen-bond acceptors (Lipinski definition) is 2. The van der Waals surface area contributed by atoms with E-state index in [0.29, 0.717) is 25.9 Å². The summed E-state index contributed by atoms with van der Waals surface area (Å²) in [5.41, 5.74) is 2.92. The van der Waals surface area contributed by atoms with Crippen molar-refractivity contribution in [2.45, 2.75) is 26.7 Å². The third-order valence-electron chi connectivity index (χ3n) is 3.22. The van der Waals surface area contributed by atoms with Gasteiger partial charge in [0.2, 0.25) is 0 Å². The van der Waals surface area contributed by atoms with Crippen molar-refractivity contribution in [1.82, 2.24) is 4.90 Å². The molecule has 0 atom stereocenters. The molecule has 0 radical (unpaired) electrons. The predicted molar refractivity (Wildman–Crippen MR) is 66.1 cm³/mol. The van der Waals surface area contributed by atoms with E-state index in [1.54, 1.807) is 4.90 Å². The number of nitrogens with zero attached hydrogens (tertiary/aromatic N) is 1. The minimum atomic E-state index is 0.0509. The second kappa shape index (κ2) is 4.70. The number of benzene rings is 1. The molecule has 1 fully saturated rings. The third-order valence-corrected chi connectivity index (χ3v) is 3.22. The van der Waals surface area contributed by atoms with E-state index in [1.807, 2.05) is 32.0 Å². The Morgan fingerprint density at radius 2 is 1.82 bits per heavy atom. The van der Waals surface area contributed by atoms with E-state index in [-0.39, 0.29) is 11.7 Å². The summed E-state index contributed by atoms with van der Waals surface area (Å²) >= 11 is 0. The first-order chi connectivity index (χ1) is 8.08. The lowest BCUT2D eigenvalue weighted by Gasteiger charge is -2.26. The Balaban J connectivity index is 2.16. The van der Waals surface area contributed by atoms with Gasteiger partial charge in [-0.2, -0.15) is 0 Å². The maximum absolute atomic E-state index is 12.3. The molecule has 1 aliphatic heterocycles. The van der Waals surface area contributed by atoms with Crippen molar-refractivity contribution >= 4 is 11.7 Å². The van der Waals surface area contributed by atoms with Crippen LogP contribution in [0.15, 0.2) is 18.2 Å². The lowest BCUT2D eigenvalue weighted by molar-refractivity contribution is -0.120. The molecule has 0 spiro atoms. The molecule has 1 heterocycles. The highest BCUT2D eigenvalue weighted by molar-refractivity contribution is 5.96. The molecule has 0 aromatic heterocycles. The van der Waals surface area contributed by atoms with Gasteiger partial charge < -0.3 is 4.90 Å². The van der Waals surface area contributed by atoms with Gasteiger partial charge in [0, 0.05) is 31.5 Å². The van der Waals surface area contributed by atoms with Crippen LogP contribution >= 0.6 is 0 Å². The maximum atomic E-state index is 12.3. The number of ketones is 1. The SMILES string of the molecule is Cc1ccc(C(=O)N2CCC(=O)CC2)c(C)c1. The van der Waals surface area contributed by atoms with Crippen LogP contribution in [0.2, 0.25) is 0 Å². The average molecular weight is 231 g/mol. The molecule has 3 nitrogen and oxygen atoms in total. The quantitative estimate of drug-likeness (QED) is 0.742. The zero-order valence-electron chi connectivity index (χ0n) is 10.3. The molecule has 0 saturated carbocycles. The van der Waals surface area contributed by atoms with Crippen molar-refractivity contribution < 1.29 is 9.59 Å². The summed E-state index contributed by atoms with van der Waals surface area (Å²) in [5.74, 6) is 0.310. The summed E-state index contributed by atoms with van der Waals surface area (Å²) < 4.78 is 0. The van der Waals surface area contributed by atoms with Gasteiger partial charge in [-0.25, -0.2) is 0 Å². The number of amides is 1. The second-order valence-electron chi connectivity index (χ2n) is 4.65. The number of likely N-dealkylation sites (tertiary alicyclic amines) is 1. The van der Waals surface area contributed by atoms with Gasteiger partial charge in [0.1, 0.15) is 5.78 Å². The molecule has 3 heteroatoms. The summed E-state index contributed by atoms with van der Waals surface area (Å²) in [7, 11) is 0. The van der Waals surface area contributed by atoms with Crippen LogP contribution in [-0.2, 0) is 4.79 Å². The molecule has 90 valence electrons. The highest BCUT2D eigenvalue weighted by atomic mass is 16.2. The Morgan fingerprint density at radius 3 is 2.41 bits per heavy atom. The van der Waals surface area contributed by atoms with Crippen molar-refractivity contribution in [2.75, 3.05) is 13.1 Å². The third kappa shape index (κ3) is 2.54. The van der Waals surface area contributed by atoms with E-state index in [1.165, 1.54) is 0 Å². The van der Waals surface area contributed by atoms with Gasteiger partial charge in [-0.05, 0) is 25.5 Å². The number of rotatable bonds is 1. The maximum Gasteiger partial charge on any atom is 0.254 e. The monoisotopic (exact) mass is 231 g/mol. The predicted octanol–water partition coefficient (Wildman–Crippen LogP) is 2.11. The number of hydrogen-bond donors (Lipinski definition) is 0. The highest BCUT2D eigenvalue weighted by Gasteiger charge is 2.22. The van der Waals surface area contributed by atoms with Crippen LogP contribution in [-0.4, -0.2) is 29.7 Å². The Labute approximate surface area is 101 Å². The van der Waals surface area contributed by atoms with Gasteiger partial charge in [0.05, 0.1) is 0 Å². The van der Waals surface area contributed by atoms with Gasteiger partial charge >= 0.3 is 0 Å². The standard InChI is InChI=1S/C14H17NO2/c1-10-3-4-13(11(2)9-10)14(17)15-7-5-12(16)6-8-15/h3-4,9H,5-8H2,1-2H3. The first-order valence-corrected chi connectivity index (χ1v) is 5.96. The summed E-state index contributed by atoms with van der Waals surface area (Å²) in [6.07, 6.45) is 0.993. The second-order valence-corrected chi connectivity index (χ2v) is 4.65. The number of carbonyl (C=O) groups is 2. The molecule has 1 saturated heterocycles. The molecule has 1 aromatic rings. The smallest absolute Gasteiger partial charge is 0.254 e. The number of piperidine rings is 1. The summed E-state index contributed by atoms with van der Waals surface area (Å²) in [6, 6.07) is 5.85. The molecule has 0 unspecified atom stereocenters. The zero-order valence-corrected chi connectivity index (χ0v) is 10.3. The molecule has 17 heavy (non-hydrogen) atoms. The Bertz CT molecular complexity index is 455. The van der Waals surface area contributed by atoms with E-state index in [2.05, 4.69) is 0 Å². The minimum absolute atomic E-state index is 0.0509. The molecule has 0 aliphatic carbocycles. The molecule has 2 rings (SSSR count). The average Bonchev–Trinajstić information content (AvgIpc) is 2.29. The van der Waals surface area contributed by atoms with Crippen molar-refractivity contribution in [2.24, 2.45) is 0 Å². The molecular weight excluding hydrogens is 214 g/mol. The Hall–Kier alpha value is -1.64. The molecular formula is C14H17NO2.